The second-order valence-electron chi connectivity index (χ2n) is 7.19. The third-order valence-electron chi connectivity index (χ3n) is 5.10. The number of aryl methyl sites for hydroxylation is 1. The molecular weight excluding hydrogens is 412 g/mol. The third-order valence-corrected chi connectivity index (χ3v) is 5.10. The van der Waals surface area contributed by atoms with Crippen molar-refractivity contribution < 1.29 is 23.8 Å². The first-order valence-electron chi connectivity index (χ1n) is 9.96. The number of nitrogens with zero attached hydrogens (tertiary/aromatic N) is 3. The first-order valence-corrected chi connectivity index (χ1v) is 9.96. The molecule has 168 valence electrons. The minimum absolute atomic E-state index is 0.0666. The van der Waals surface area contributed by atoms with Crippen LogP contribution in [0.15, 0.2) is 42.5 Å². The van der Waals surface area contributed by atoms with Gasteiger partial charge in [-0.1, -0.05) is 29.0 Å². The summed E-state index contributed by atoms with van der Waals surface area (Å²) in [4.78, 5) is 25.1. The van der Waals surface area contributed by atoms with Crippen molar-refractivity contribution >= 4 is 11.9 Å². The molecule has 0 saturated heterocycles. The van der Waals surface area contributed by atoms with Gasteiger partial charge in [0.2, 0.25) is 0 Å². The number of rotatable bonds is 8. The molecule has 0 aliphatic rings. The van der Waals surface area contributed by atoms with Gasteiger partial charge in [0, 0.05) is 0 Å². The maximum Gasteiger partial charge on any atom is 0.307 e. The van der Waals surface area contributed by atoms with Crippen LogP contribution in [-0.4, -0.2) is 48.2 Å². The van der Waals surface area contributed by atoms with Crippen LogP contribution in [0.1, 0.15) is 39.8 Å². The zero-order valence-corrected chi connectivity index (χ0v) is 18.7. The number of hydrogen-bond donors (Lipinski definition) is 1. The van der Waals surface area contributed by atoms with Gasteiger partial charge in [-0.2, -0.15) is 0 Å². The molecule has 0 spiro atoms. The fourth-order valence-electron chi connectivity index (χ4n) is 3.27. The first kappa shape index (κ1) is 22.8. The van der Waals surface area contributed by atoms with Crippen LogP contribution < -0.4 is 14.8 Å². The normalized spacial score (nSPS) is 11.5. The second kappa shape index (κ2) is 9.95. The Hall–Kier alpha value is -3.88. The zero-order valence-electron chi connectivity index (χ0n) is 18.7. The fraction of sp³-hybridized carbons (Fsp3) is 0.304. The van der Waals surface area contributed by atoms with Gasteiger partial charge in [0.25, 0.3) is 5.91 Å². The predicted octanol–water partition coefficient (Wildman–Crippen LogP) is 2.94. The molecule has 0 radical (unpaired) electrons. The van der Waals surface area contributed by atoms with E-state index in [1.165, 1.54) is 21.3 Å². The SMILES string of the molecule is COC(=O)CC(NC(=O)c1nnn(-c2ccc(C)cc2)c1C)c1ccc(OC)c(OC)c1. The Balaban J connectivity index is 1.89. The Morgan fingerprint density at radius 3 is 2.31 bits per heavy atom. The summed E-state index contributed by atoms with van der Waals surface area (Å²) < 4.78 is 17.0. The standard InChI is InChI=1S/C23H26N4O5/c1-14-6-9-17(10-7-14)27-15(2)22(25-26-27)23(29)24-18(13-21(28)32-5)16-8-11-19(30-3)20(12-16)31-4/h6-12,18H,13H2,1-5H3,(H,24,29). The van der Waals surface area contributed by atoms with Crippen molar-refractivity contribution in [3.05, 3.63) is 65.0 Å². The van der Waals surface area contributed by atoms with Gasteiger partial charge in [-0.25, -0.2) is 4.68 Å². The highest BCUT2D eigenvalue weighted by Crippen LogP contribution is 2.31. The van der Waals surface area contributed by atoms with Gasteiger partial charge in [-0.05, 0) is 43.7 Å². The number of benzene rings is 2. The Kier molecular flexibility index (Phi) is 7.09. The molecule has 0 aliphatic carbocycles. The van der Waals surface area contributed by atoms with Crippen molar-refractivity contribution in [2.45, 2.75) is 26.3 Å². The lowest BCUT2D eigenvalue weighted by atomic mass is 10.0. The zero-order chi connectivity index (χ0) is 23.3. The minimum atomic E-state index is -0.668. The molecule has 0 saturated carbocycles. The molecule has 2 aromatic carbocycles. The fourth-order valence-corrected chi connectivity index (χ4v) is 3.27. The molecule has 9 nitrogen and oxygen atoms in total. The Morgan fingerprint density at radius 1 is 1.00 bits per heavy atom. The summed E-state index contributed by atoms with van der Waals surface area (Å²) in [7, 11) is 4.35. The molecule has 32 heavy (non-hydrogen) atoms. The maximum atomic E-state index is 13.1. The van der Waals surface area contributed by atoms with E-state index in [-0.39, 0.29) is 12.1 Å². The Labute approximate surface area is 186 Å². The van der Waals surface area contributed by atoms with Gasteiger partial charge in [-0.3, -0.25) is 9.59 Å². The molecule has 1 N–H and O–H groups in total. The van der Waals surface area contributed by atoms with Crippen LogP contribution in [0.2, 0.25) is 0 Å². The Bertz CT molecular complexity index is 1110. The highest BCUT2D eigenvalue weighted by molar-refractivity contribution is 5.94. The monoisotopic (exact) mass is 438 g/mol. The van der Waals surface area contributed by atoms with Crippen LogP contribution >= 0.6 is 0 Å². The van der Waals surface area contributed by atoms with Crippen LogP contribution in [0.3, 0.4) is 0 Å². The number of carbonyl (C=O) groups is 2. The second-order valence-corrected chi connectivity index (χ2v) is 7.19. The van der Waals surface area contributed by atoms with Crippen LogP contribution in [-0.2, 0) is 9.53 Å². The van der Waals surface area contributed by atoms with Crippen LogP contribution in [0.5, 0.6) is 11.5 Å². The summed E-state index contributed by atoms with van der Waals surface area (Å²) in [6, 6.07) is 12.2. The molecule has 0 bridgehead atoms. The van der Waals surface area contributed by atoms with E-state index in [1.54, 1.807) is 29.8 Å². The summed E-state index contributed by atoms with van der Waals surface area (Å²) >= 11 is 0. The van der Waals surface area contributed by atoms with Crippen LogP contribution in [0.25, 0.3) is 5.69 Å². The number of carbonyl (C=O) groups excluding carboxylic acids is 2. The van der Waals surface area contributed by atoms with E-state index < -0.39 is 17.9 Å². The molecule has 0 aliphatic heterocycles. The molecule has 3 rings (SSSR count). The molecule has 1 atom stereocenters. The van der Waals surface area contributed by atoms with Crippen molar-refractivity contribution in [2.75, 3.05) is 21.3 Å². The molecule has 9 heteroatoms. The lowest BCUT2D eigenvalue weighted by Gasteiger charge is -2.19. The van der Waals surface area contributed by atoms with Crippen molar-refractivity contribution in [1.29, 1.82) is 0 Å². The highest BCUT2D eigenvalue weighted by Gasteiger charge is 2.24. The topological polar surface area (TPSA) is 105 Å². The number of nitrogens with one attached hydrogen (secondary N) is 1. The average molecular weight is 438 g/mol. The predicted molar refractivity (Wildman–Crippen MR) is 117 cm³/mol. The van der Waals surface area contributed by atoms with Gasteiger partial charge in [0.1, 0.15) is 0 Å². The largest absolute Gasteiger partial charge is 0.493 e. The smallest absolute Gasteiger partial charge is 0.307 e. The summed E-state index contributed by atoms with van der Waals surface area (Å²) in [6.45, 7) is 3.76. The number of hydrogen-bond acceptors (Lipinski definition) is 7. The number of aromatic nitrogens is 3. The van der Waals surface area contributed by atoms with Crippen molar-refractivity contribution in [3.63, 3.8) is 0 Å². The van der Waals surface area contributed by atoms with E-state index >= 15 is 0 Å². The van der Waals surface area contributed by atoms with Crippen molar-refractivity contribution in [1.82, 2.24) is 20.3 Å². The minimum Gasteiger partial charge on any atom is -0.493 e. The molecule has 1 heterocycles. The number of methoxy groups -OCH3 is 3. The molecular formula is C23H26N4O5. The van der Waals surface area contributed by atoms with E-state index in [4.69, 9.17) is 14.2 Å². The quantitative estimate of drug-likeness (QED) is 0.539. The van der Waals surface area contributed by atoms with Crippen LogP contribution in [0, 0.1) is 13.8 Å². The number of esters is 1. The molecule has 1 aromatic heterocycles. The van der Waals surface area contributed by atoms with Gasteiger partial charge >= 0.3 is 5.97 Å². The summed E-state index contributed by atoms with van der Waals surface area (Å²) in [5.41, 5.74) is 3.32. The van der Waals surface area contributed by atoms with E-state index in [1.807, 2.05) is 31.2 Å². The molecule has 0 fully saturated rings. The van der Waals surface area contributed by atoms with Gasteiger partial charge in [0.15, 0.2) is 17.2 Å². The van der Waals surface area contributed by atoms with Gasteiger partial charge < -0.3 is 19.5 Å². The van der Waals surface area contributed by atoms with Crippen molar-refractivity contribution in [2.24, 2.45) is 0 Å². The third kappa shape index (κ3) is 4.88. The molecule has 1 unspecified atom stereocenters. The van der Waals surface area contributed by atoms with E-state index in [0.29, 0.717) is 22.8 Å². The summed E-state index contributed by atoms with van der Waals surface area (Å²) in [6.07, 6.45) is -0.0666. The van der Waals surface area contributed by atoms with Gasteiger partial charge in [-0.15, -0.1) is 5.10 Å². The van der Waals surface area contributed by atoms with Crippen LogP contribution in [0.4, 0.5) is 0 Å². The van der Waals surface area contributed by atoms with E-state index in [2.05, 4.69) is 15.6 Å². The Morgan fingerprint density at radius 2 is 1.69 bits per heavy atom. The highest BCUT2D eigenvalue weighted by atomic mass is 16.5. The van der Waals surface area contributed by atoms with E-state index in [0.717, 1.165) is 11.3 Å². The first-order chi connectivity index (χ1) is 15.4. The lowest BCUT2D eigenvalue weighted by Crippen LogP contribution is -2.31. The summed E-state index contributed by atoms with van der Waals surface area (Å²) in [5, 5.41) is 11.0. The molecule has 3 aromatic rings. The number of amides is 1. The number of ether oxygens (including phenoxy) is 3. The van der Waals surface area contributed by atoms with Gasteiger partial charge in [0.05, 0.1) is 45.2 Å². The lowest BCUT2D eigenvalue weighted by molar-refractivity contribution is -0.141. The molecule has 1 amide bonds. The average Bonchev–Trinajstić information content (AvgIpc) is 3.19. The van der Waals surface area contributed by atoms with E-state index in [9.17, 15) is 9.59 Å². The van der Waals surface area contributed by atoms with Crippen molar-refractivity contribution in [3.8, 4) is 17.2 Å². The maximum absolute atomic E-state index is 13.1. The summed E-state index contributed by atoms with van der Waals surface area (Å²) in [5.74, 6) is 0.0987.